The van der Waals surface area contributed by atoms with Crippen LogP contribution in [0.25, 0.3) is 0 Å². The Balaban J connectivity index is 2.05. The fourth-order valence-electron chi connectivity index (χ4n) is 1.51. The molecule has 0 N–H and O–H groups in total. The fourth-order valence-corrected chi connectivity index (χ4v) is 5.74. The third kappa shape index (κ3) is 4.83. The predicted molar refractivity (Wildman–Crippen MR) is 75.3 cm³/mol. The zero-order chi connectivity index (χ0) is 13.9. The molecule has 0 aromatic heterocycles. The second kappa shape index (κ2) is 6.30. The van der Waals surface area contributed by atoms with E-state index in [4.69, 9.17) is 22.7 Å². The Hall–Kier alpha value is -0.497. The SMILES string of the molecule is Cc1ccc([O][Zr]([Cl])([Cl])[O]c2ccc(C)cc2)cc1. The second-order valence-electron chi connectivity index (χ2n) is 4.29. The van der Waals surface area contributed by atoms with E-state index in [1.54, 1.807) is 0 Å². The van der Waals surface area contributed by atoms with Gasteiger partial charge in [0.2, 0.25) is 0 Å². The summed E-state index contributed by atoms with van der Waals surface area (Å²) < 4.78 is 11.2. The summed E-state index contributed by atoms with van der Waals surface area (Å²) in [5.41, 5.74) is 2.30. The minimum atomic E-state index is -4.05. The van der Waals surface area contributed by atoms with Crippen LogP contribution in [0.5, 0.6) is 11.5 Å². The molecule has 19 heavy (non-hydrogen) atoms. The molecule has 5 heteroatoms. The third-order valence-electron chi connectivity index (χ3n) is 2.52. The molecular weight excluding hydrogens is 362 g/mol. The Labute approximate surface area is 126 Å². The molecule has 0 unspecified atom stereocenters. The molecule has 0 aliphatic heterocycles. The van der Waals surface area contributed by atoms with Crippen molar-refractivity contribution >= 4 is 17.0 Å². The Morgan fingerprint density at radius 1 is 0.684 bits per heavy atom. The van der Waals surface area contributed by atoms with Gasteiger partial charge in [-0.25, -0.2) is 0 Å². The van der Waals surface area contributed by atoms with E-state index >= 15 is 0 Å². The van der Waals surface area contributed by atoms with Gasteiger partial charge >= 0.3 is 126 Å². The normalized spacial score (nSPS) is 11.2. The molecule has 0 aliphatic rings. The van der Waals surface area contributed by atoms with Crippen LogP contribution in [0.3, 0.4) is 0 Å². The van der Waals surface area contributed by atoms with Gasteiger partial charge in [-0.3, -0.25) is 0 Å². The van der Waals surface area contributed by atoms with Crippen LogP contribution in [0.15, 0.2) is 48.5 Å². The molecule has 0 aliphatic carbocycles. The summed E-state index contributed by atoms with van der Waals surface area (Å²) in [6.45, 7) is 4.01. The van der Waals surface area contributed by atoms with E-state index in [1.807, 2.05) is 62.4 Å². The summed E-state index contributed by atoms with van der Waals surface area (Å²) in [6.07, 6.45) is 0. The van der Waals surface area contributed by atoms with Gasteiger partial charge in [0.1, 0.15) is 0 Å². The standard InChI is InChI=1S/2C7H8O.2ClH.Zr/c2*1-6-2-4-7(8)5-3-6;;;/h2*2-5,8H,1H3;2*1H;/q;;;;+4/p-4. The average Bonchev–Trinajstić information content (AvgIpc) is 2.34. The van der Waals surface area contributed by atoms with Crippen molar-refractivity contribution in [3.8, 4) is 11.5 Å². The molecule has 0 radical (unpaired) electrons. The van der Waals surface area contributed by atoms with Crippen molar-refractivity contribution in [1.29, 1.82) is 0 Å². The van der Waals surface area contributed by atoms with Crippen LogP contribution in [-0.4, -0.2) is 0 Å². The zero-order valence-corrected chi connectivity index (χ0v) is 14.7. The molecule has 0 heterocycles. The van der Waals surface area contributed by atoms with Crippen molar-refractivity contribution in [2.75, 3.05) is 0 Å². The number of hydrogen-bond acceptors (Lipinski definition) is 2. The van der Waals surface area contributed by atoms with E-state index < -0.39 is 18.8 Å². The van der Waals surface area contributed by atoms with E-state index in [1.165, 1.54) is 0 Å². The van der Waals surface area contributed by atoms with Crippen LogP contribution in [-0.2, 0) is 18.8 Å². The van der Waals surface area contributed by atoms with Gasteiger partial charge in [-0.05, 0) is 0 Å². The van der Waals surface area contributed by atoms with Crippen molar-refractivity contribution < 1.29 is 24.4 Å². The van der Waals surface area contributed by atoms with Crippen LogP contribution in [0.1, 0.15) is 11.1 Å². The predicted octanol–water partition coefficient (Wildman–Crippen LogP) is 5.05. The topological polar surface area (TPSA) is 18.5 Å². The van der Waals surface area contributed by atoms with Gasteiger partial charge in [-0.1, -0.05) is 0 Å². The molecule has 2 rings (SSSR count). The summed E-state index contributed by atoms with van der Waals surface area (Å²) in [5.74, 6) is 1.28. The second-order valence-corrected chi connectivity index (χ2v) is 14.6. The van der Waals surface area contributed by atoms with Crippen LogP contribution >= 0.6 is 17.0 Å². The molecular formula is C14H14Cl2O2Zr. The van der Waals surface area contributed by atoms with E-state index in [-0.39, 0.29) is 0 Å². The Kier molecular flexibility index (Phi) is 4.94. The summed E-state index contributed by atoms with van der Waals surface area (Å²) in [6, 6.07) is 15.1. The van der Waals surface area contributed by atoms with Gasteiger partial charge in [0.15, 0.2) is 0 Å². The van der Waals surface area contributed by atoms with Crippen LogP contribution in [0, 0.1) is 13.8 Å². The van der Waals surface area contributed by atoms with E-state index in [2.05, 4.69) is 0 Å². The van der Waals surface area contributed by atoms with Gasteiger partial charge in [0, 0.05) is 0 Å². The van der Waals surface area contributed by atoms with Crippen LogP contribution in [0.4, 0.5) is 0 Å². The van der Waals surface area contributed by atoms with Crippen LogP contribution < -0.4 is 5.63 Å². The quantitative estimate of drug-likeness (QED) is 0.743. The molecule has 0 amide bonds. The first-order chi connectivity index (χ1) is 8.94. The van der Waals surface area contributed by atoms with Gasteiger partial charge < -0.3 is 0 Å². The monoisotopic (exact) mass is 374 g/mol. The van der Waals surface area contributed by atoms with Gasteiger partial charge in [0.05, 0.1) is 0 Å². The molecule has 2 aromatic rings. The number of halogens is 2. The summed E-state index contributed by atoms with van der Waals surface area (Å²) in [5, 5.41) is 0. The molecule has 2 nitrogen and oxygen atoms in total. The van der Waals surface area contributed by atoms with Gasteiger partial charge in [-0.2, -0.15) is 0 Å². The first kappa shape index (κ1) is 14.9. The molecule has 0 saturated heterocycles. The van der Waals surface area contributed by atoms with Crippen molar-refractivity contribution in [3.05, 3.63) is 59.7 Å². The molecule has 0 atom stereocenters. The molecule has 2 aromatic carbocycles. The summed E-state index contributed by atoms with van der Waals surface area (Å²) >= 11 is -4.05. The maximum atomic E-state index is 6.22. The number of benzene rings is 2. The Morgan fingerprint density at radius 3 is 1.32 bits per heavy atom. The molecule has 0 bridgehead atoms. The molecule has 0 saturated carbocycles. The Morgan fingerprint density at radius 2 is 1.00 bits per heavy atom. The van der Waals surface area contributed by atoms with Crippen molar-refractivity contribution in [1.82, 2.24) is 0 Å². The van der Waals surface area contributed by atoms with Gasteiger partial charge in [0.25, 0.3) is 0 Å². The maximum absolute atomic E-state index is 6.22. The van der Waals surface area contributed by atoms with E-state index in [9.17, 15) is 0 Å². The summed E-state index contributed by atoms with van der Waals surface area (Å²) in [4.78, 5) is 0. The number of rotatable bonds is 4. The van der Waals surface area contributed by atoms with E-state index in [0.717, 1.165) is 11.1 Å². The fraction of sp³-hybridized carbons (Fsp3) is 0.143. The van der Waals surface area contributed by atoms with Crippen molar-refractivity contribution in [3.63, 3.8) is 0 Å². The first-order valence-corrected chi connectivity index (χ1v) is 14.2. The minimum absolute atomic E-state index is 0.638. The molecule has 0 spiro atoms. The zero-order valence-electron chi connectivity index (χ0n) is 10.7. The molecule has 100 valence electrons. The number of hydrogen-bond donors (Lipinski definition) is 0. The van der Waals surface area contributed by atoms with E-state index in [0.29, 0.717) is 11.5 Å². The average molecular weight is 376 g/mol. The number of aryl methyl sites for hydroxylation is 2. The third-order valence-corrected chi connectivity index (χ3v) is 6.67. The van der Waals surface area contributed by atoms with Crippen LogP contribution in [0.2, 0.25) is 0 Å². The van der Waals surface area contributed by atoms with Gasteiger partial charge in [-0.15, -0.1) is 0 Å². The Bertz CT molecular complexity index is 489. The van der Waals surface area contributed by atoms with Crippen molar-refractivity contribution in [2.24, 2.45) is 0 Å². The van der Waals surface area contributed by atoms with Crippen molar-refractivity contribution in [2.45, 2.75) is 13.8 Å². The molecule has 0 fully saturated rings. The summed E-state index contributed by atoms with van der Waals surface area (Å²) in [7, 11) is 12.4. The first-order valence-electron chi connectivity index (χ1n) is 5.84.